The van der Waals surface area contributed by atoms with Crippen molar-refractivity contribution in [2.45, 2.75) is 51.9 Å². The van der Waals surface area contributed by atoms with Crippen molar-refractivity contribution >= 4 is 11.9 Å². The number of alkyl halides is 2. The Bertz CT molecular complexity index is 980. The molecule has 0 bridgehead atoms. The fourth-order valence-corrected chi connectivity index (χ4v) is 4.71. The molecule has 35 heavy (non-hydrogen) atoms. The molecule has 2 saturated heterocycles. The Kier molecular flexibility index (Phi) is 8.20. The first-order chi connectivity index (χ1) is 16.8. The van der Waals surface area contributed by atoms with Gasteiger partial charge in [0.05, 0.1) is 6.61 Å². The number of benzene rings is 1. The van der Waals surface area contributed by atoms with Crippen molar-refractivity contribution in [1.29, 1.82) is 0 Å². The molecule has 0 radical (unpaired) electrons. The van der Waals surface area contributed by atoms with Crippen LogP contribution in [0.25, 0.3) is 0 Å². The Hall–Kier alpha value is -2.75. The molecule has 0 saturated carbocycles. The maximum atomic E-state index is 13.3. The SMILES string of the molecule is Cc1cc(OCCCC2CCN(c3noc(C(C)(F)F)n3)CC2)ccc1C(=O)NC[C@@H]1CCNC1. The molecule has 1 aromatic carbocycles. The van der Waals surface area contributed by atoms with Gasteiger partial charge < -0.3 is 24.8 Å². The Morgan fingerprint density at radius 3 is 2.74 bits per heavy atom. The lowest BCUT2D eigenvalue weighted by Crippen LogP contribution is -2.34. The monoisotopic (exact) mass is 491 g/mol. The minimum atomic E-state index is -3.12. The van der Waals surface area contributed by atoms with Crippen molar-refractivity contribution < 1.29 is 22.8 Å². The molecule has 2 fully saturated rings. The van der Waals surface area contributed by atoms with Crippen molar-refractivity contribution in [2.75, 3.05) is 44.2 Å². The van der Waals surface area contributed by atoms with Gasteiger partial charge in [0, 0.05) is 32.1 Å². The first kappa shape index (κ1) is 25.3. The maximum absolute atomic E-state index is 13.3. The molecule has 1 aromatic heterocycles. The lowest BCUT2D eigenvalue weighted by Gasteiger charge is -2.30. The van der Waals surface area contributed by atoms with Crippen molar-refractivity contribution in [2.24, 2.45) is 11.8 Å². The molecule has 10 heteroatoms. The van der Waals surface area contributed by atoms with Crippen LogP contribution in [0.1, 0.15) is 60.8 Å². The van der Waals surface area contributed by atoms with E-state index in [1.54, 1.807) is 0 Å². The minimum absolute atomic E-state index is 0.0345. The summed E-state index contributed by atoms with van der Waals surface area (Å²) in [7, 11) is 0. The standard InChI is InChI=1S/C25H35F2N5O3/c1-17-14-20(5-6-21(17)22(33)29-16-19-7-10-28-15-19)34-13-3-4-18-8-11-32(12-9-18)24-30-23(35-31-24)25(2,26)27/h5-6,14,18-19,28H,3-4,7-13,15-16H2,1-2H3,(H,29,33)/t19-/m1/s1. The van der Waals surface area contributed by atoms with Gasteiger partial charge in [-0.15, -0.1) is 0 Å². The highest BCUT2D eigenvalue weighted by molar-refractivity contribution is 5.95. The van der Waals surface area contributed by atoms with Crippen LogP contribution in [-0.4, -0.2) is 55.4 Å². The van der Waals surface area contributed by atoms with Crippen LogP contribution in [0.15, 0.2) is 22.7 Å². The highest BCUT2D eigenvalue weighted by Gasteiger charge is 2.33. The average Bonchev–Trinajstić information content (AvgIpc) is 3.53. The number of amides is 1. The molecule has 0 unspecified atom stereocenters. The molecular formula is C25H35F2N5O3. The van der Waals surface area contributed by atoms with Crippen LogP contribution >= 0.6 is 0 Å². The number of aromatic nitrogens is 2. The number of nitrogens with one attached hydrogen (secondary N) is 2. The molecule has 192 valence electrons. The molecule has 2 aliphatic heterocycles. The Labute approximate surface area is 204 Å². The van der Waals surface area contributed by atoms with Crippen molar-refractivity contribution in [3.8, 4) is 5.75 Å². The number of piperidine rings is 1. The van der Waals surface area contributed by atoms with Gasteiger partial charge in [-0.25, -0.2) is 0 Å². The molecule has 4 rings (SSSR count). The summed E-state index contributed by atoms with van der Waals surface area (Å²) in [5.41, 5.74) is 1.59. The molecule has 8 nitrogen and oxygen atoms in total. The van der Waals surface area contributed by atoms with E-state index in [-0.39, 0.29) is 11.9 Å². The molecule has 1 amide bonds. The summed E-state index contributed by atoms with van der Waals surface area (Å²) in [5, 5.41) is 10.1. The van der Waals surface area contributed by atoms with Gasteiger partial charge in [-0.05, 0) is 92.9 Å². The topological polar surface area (TPSA) is 92.5 Å². The third-order valence-corrected chi connectivity index (χ3v) is 6.87. The predicted molar refractivity (Wildman–Crippen MR) is 128 cm³/mol. The van der Waals surface area contributed by atoms with Crippen LogP contribution in [0.5, 0.6) is 5.75 Å². The average molecular weight is 492 g/mol. The van der Waals surface area contributed by atoms with E-state index in [9.17, 15) is 13.6 Å². The fourth-order valence-electron chi connectivity index (χ4n) is 4.71. The van der Waals surface area contributed by atoms with E-state index in [1.165, 1.54) is 0 Å². The number of carbonyl (C=O) groups is 1. The normalized spacial score (nSPS) is 19.2. The number of halogens is 2. The fraction of sp³-hybridized carbons (Fsp3) is 0.640. The third kappa shape index (κ3) is 6.90. The molecule has 0 spiro atoms. The number of aryl methyl sites for hydroxylation is 1. The molecule has 2 aromatic rings. The number of hydrogen-bond donors (Lipinski definition) is 2. The summed E-state index contributed by atoms with van der Waals surface area (Å²) >= 11 is 0. The van der Waals surface area contributed by atoms with Gasteiger partial charge in [-0.1, -0.05) is 0 Å². The van der Waals surface area contributed by atoms with E-state index in [0.29, 0.717) is 30.6 Å². The van der Waals surface area contributed by atoms with E-state index in [4.69, 9.17) is 9.26 Å². The van der Waals surface area contributed by atoms with E-state index in [0.717, 1.165) is 76.5 Å². The number of hydrogen-bond acceptors (Lipinski definition) is 7. The Morgan fingerprint density at radius 1 is 1.29 bits per heavy atom. The van der Waals surface area contributed by atoms with Crippen LogP contribution < -0.4 is 20.3 Å². The van der Waals surface area contributed by atoms with Gasteiger partial charge in [-0.3, -0.25) is 4.79 Å². The Balaban J connectivity index is 1.15. The summed E-state index contributed by atoms with van der Waals surface area (Å²) in [6, 6.07) is 5.61. The van der Waals surface area contributed by atoms with Crippen LogP contribution in [0.3, 0.4) is 0 Å². The smallest absolute Gasteiger partial charge is 0.322 e. The summed E-state index contributed by atoms with van der Waals surface area (Å²) in [5.74, 6) is -1.72. The van der Waals surface area contributed by atoms with E-state index in [1.807, 2.05) is 30.0 Å². The highest BCUT2D eigenvalue weighted by atomic mass is 19.3. The van der Waals surface area contributed by atoms with E-state index in [2.05, 4.69) is 20.8 Å². The third-order valence-electron chi connectivity index (χ3n) is 6.87. The van der Waals surface area contributed by atoms with Crippen molar-refractivity contribution in [1.82, 2.24) is 20.8 Å². The van der Waals surface area contributed by atoms with Gasteiger partial charge in [0.25, 0.3) is 17.7 Å². The van der Waals surface area contributed by atoms with Crippen LogP contribution in [-0.2, 0) is 5.92 Å². The largest absolute Gasteiger partial charge is 0.494 e. The van der Waals surface area contributed by atoms with Crippen LogP contribution in [0, 0.1) is 18.8 Å². The second-order valence-electron chi connectivity index (χ2n) is 9.75. The predicted octanol–water partition coefficient (Wildman–Crippen LogP) is 3.90. The number of anilines is 1. The van der Waals surface area contributed by atoms with Gasteiger partial charge in [0.15, 0.2) is 0 Å². The first-order valence-corrected chi connectivity index (χ1v) is 12.5. The first-order valence-electron chi connectivity index (χ1n) is 12.5. The number of carbonyl (C=O) groups excluding carboxylic acids is 1. The molecule has 2 aliphatic rings. The summed E-state index contributed by atoms with van der Waals surface area (Å²) in [4.78, 5) is 18.2. The highest BCUT2D eigenvalue weighted by Crippen LogP contribution is 2.29. The zero-order valence-corrected chi connectivity index (χ0v) is 20.5. The Morgan fingerprint density at radius 2 is 2.09 bits per heavy atom. The number of ether oxygens (including phenoxy) is 1. The lowest BCUT2D eigenvalue weighted by molar-refractivity contribution is -0.0158. The lowest BCUT2D eigenvalue weighted by atomic mass is 9.92. The van der Waals surface area contributed by atoms with Crippen molar-refractivity contribution in [3.05, 3.63) is 35.2 Å². The molecule has 1 atom stereocenters. The van der Waals surface area contributed by atoms with E-state index >= 15 is 0 Å². The van der Waals surface area contributed by atoms with Crippen LogP contribution in [0.2, 0.25) is 0 Å². The number of rotatable bonds is 10. The van der Waals surface area contributed by atoms with Crippen LogP contribution in [0.4, 0.5) is 14.7 Å². The molecular weight excluding hydrogens is 456 g/mol. The van der Waals surface area contributed by atoms with Gasteiger partial charge in [-0.2, -0.15) is 13.8 Å². The maximum Gasteiger partial charge on any atom is 0.322 e. The van der Waals surface area contributed by atoms with E-state index < -0.39 is 11.8 Å². The minimum Gasteiger partial charge on any atom is -0.494 e. The molecule has 2 N–H and O–H groups in total. The summed E-state index contributed by atoms with van der Waals surface area (Å²) in [6.07, 6.45) is 4.97. The van der Waals surface area contributed by atoms with Crippen molar-refractivity contribution in [3.63, 3.8) is 0 Å². The second kappa shape index (κ2) is 11.3. The van der Waals surface area contributed by atoms with Gasteiger partial charge in [0.1, 0.15) is 5.75 Å². The zero-order valence-electron chi connectivity index (χ0n) is 20.5. The summed E-state index contributed by atoms with van der Waals surface area (Å²) in [6.45, 7) is 7.42. The molecule has 0 aliphatic carbocycles. The summed E-state index contributed by atoms with van der Waals surface area (Å²) < 4.78 is 37.2. The van der Waals surface area contributed by atoms with Gasteiger partial charge in [0.2, 0.25) is 0 Å². The number of nitrogens with zero attached hydrogens (tertiary/aromatic N) is 3. The van der Waals surface area contributed by atoms with Gasteiger partial charge >= 0.3 is 5.92 Å². The second-order valence-corrected chi connectivity index (χ2v) is 9.75. The zero-order chi connectivity index (χ0) is 24.8. The molecule has 3 heterocycles. The quantitative estimate of drug-likeness (QED) is 0.487.